The molecule has 0 unspecified atom stereocenters. The molecule has 3 aromatic rings. The van der Waals surface area contributed by atoms with Gasteiger partial charge in [0.1, 0.15) is 6.10 Å². The third-order valence-corrected chi connectivity index (χ3v) is 7.10. The fourth-order valence-corrected chi connectivity index (χ4v) is 4.76. The van der Waals surface area contributed by atoms with Crippen LogP contribution >= 0.6 is 0 Å². The predicted octanol–water partition coefficient (Wildman–Crippen LogP) is 2.05. The summed E-state index contributed by atoms with van der Waals surface area (Å²) in [7, 11) is 0. The fourth-order valence-electron chi connectivity index (χ4n) is 4.76. The van der Waals surface area contributed by atoms with Crippen LogP contribution in [0.4, 0.5) is 0 Å². The van der Waals surface area contributed by atoms with E-state index in [1.807, 2.05) is 0 Å². The van der Waals surface area contributed by atoms with Gasteiger partial charge in [0, 0.05) is 18.9 Å². The van der Waals surface area contributed by atoms with Crippen molar-refractivity contribution in [2.75, 3.05) is 0 Å². The summed E-state index contributed by atoms with van der Waals surface area (Å²) in [6.45, 7) is -0.369. The Morgan fingerprint density at radius 3 is 2.11 bits per heavy atom. The maximum atomic E-state index is 13.7. The molecule has 236 valence electrons. The van der Waals surface area contributed by atoms with E-state index in [9.17, 15) is 55.2 Å². The Hall–Kier alpha value is -5.37. The summed E-state index contributed by atoms with van der Waals surface area (Å²) < 4.78 is 11.0. The first-order valence-electron chi connectivity index (χ1n) is 13.5. The molecule has 1 aliphatic rings. The lowest BCUT2D eigenvalue weighted by molar-refractivity contribution is -0.204. The van der Waals surface area contributed by atoms with Crippen LogP contribution in [0.1, 0.15) is 35.1 Å². The van der Waals surface area contributed by atoms with Crippen molar-refractivity contribution in [1.29, 1.82) is 0 Å². The average molecular weight is 623 g/mol. The number of carbonyl (C=O) groups is 3. The number of aliphatic hydroxyl groups is 3. The van der Waals surface area contributed by atoms with Crippen molar-refractivity contribution in [2.45, 2.75) is 43.4 Å². The van der Waals surface area contributed by atoms with Gasteiger partial charge in [-0.1, -0.05) is 30.3 Å². The smallest absolute Gasteiger partial charge is 0.339 e. The minimum atomic E-state index is -2.55. The van der Waals surface area contributed by atoms with Gasteiger partial charge in [0.05, 0.1) is 18.3 Å². The number of esters is 2. The van der Waals surface area contributed by atoms with Crippen molar-refractivity contribution in [3.8, 4) is 23.0 Å². The number of phenolic OH excluding ortho intramolecular Hbond substituents is 4. The molecular weight excluding hydrogens is 592 g/mol. The van der Waals surface area contributed by atoms with Crippen molar-refractivity contribution in [1.82, 2.24) is 0 Å². The molecule has 8 N–H and O–H groups in total. The van der Waals surface area contributed by atoms with Crippen molar-refractivity contribution < 1.29 is 64.7 Å². The monoisotopic (exact) mass is 622 g/mol. The number of aliphatic carboxylic acids is 1. The molecule has 0 amide bonds. The number of benzene rings is 3. The Balaban J connectivity index is 1.67. The Morgan fingerprint density at radius 2 is 1.49 bits per heavy atom. The number of ether oxygens (including phenoxy) is 2. The standard InChI is InChI=1S/C32H30O13/c33-16-19-2-1-3-20(10-19)21(11-18-5-8-23(35)25(37)13-18)30(40)44-27-15-32(43,31(41)42)14-26(38)29(27)45-28(39)9-6-17-4-7-22(34)24(36)12-17/h1-13,26-27,29,33-38,43H,14-16H2,(H,41,42)/t26-,27+,29+,32-/m1/s1. The number of aromatic hydroxyl groups is 4. The lowest BCUT2D eigenvalue weighted by Crippen LogP contribution is -2.58. The van der Waals surface area contributed by atoms with Crippen LogP contribution in [0.25, 0.3) is 17.7 Å². The molecule has 4 rings (SSSR count). The molecule has 3 aromatic carbocycles. The van der Waals surface area contributed by atoms with Crippen molar-refractivity contribution in [3.63, 3.8) is 0 Å². The first kappa shape index (κ1) is 32.5. The highest BCUT2D eigenvalue weighted by atomic mass is 16.6. The van der Waals surface area contributed by atoms with Gasteiger partial charge < -0.3 is 50.3 Å². The second-order valence-corrected chi connectivity index (χ2v) is 10.4. The molecule has 0 heterocycles. The zero-order valence-electron chi connectivity index (χ0n) is 23.5. The first-order chi connectivity index (χ1) is 21.3. The van der Waals surface area contributed by atoms with Gasteiger partial charge in [-0.3, -0.25) is 0 Å². The molecule has 13 nitrogen and oxygen atoms in total. The molecule has 4 atom stereocenters. The second-order valence-electron chi connectivity index (χ2n) is 10.4. The Labute approximate surface area is 255 Å². The summed E-state index contributed by atoms with van der Waals surface area (Å²) in [5.74, 6) is -5.56. The van der Waals surface area contributed by atoms with Gasteiger partial charge >= 0.3 is 17.9 Å². The molecule has 1 saturated carbocycles. The highest BCUT2D eigenvalue weighted by Crippen LogP contribution is 2.35. The third-order valence-electron chi connectivity index (χ3n) is 7.10. The molecular formula is C32H30O13. The van der Waals surface area contributed by atoms with E-state index in [1.54, 1.807) is 12.1 Å². The summed E-state index contributed by atoms with van der Waals surface area (Å²) in [4.78, 5) is 38.3. The summed E-state index contributed by atoms with van der Waals surface area (Å²) in [5, 5.41) is 79.5. The van der Waals surface area contributed by atoms with E-state index in [0.29, 0.717) is 11.1 Å². The Bertz CT molecular complexity index is 1660. The number of rotatable bonds is 9. The van der Waals surface area contributed by atoms with E-state index in [-0.39, 0.29) is 29.1 Å². The quantitative estimate of drug-likeness (QED) is 0.0740. The fraction of sp³-hybridized carbons (Fsp3) is 0.219. The van der Waals surface area contributed by atoms with E-state index >= 15 is 0 Å². The third kappa shape index (κ3) is 7.78. The molecule has 0 saturated heterocycles. The minimum absolute atomic E-state index is 0.161. The van der Waals surface area contributed by atoms with E-state index < -0.39 is 71.9 Å². The summed E-state index contributed by atoms with van der Waals surface area (Å²) >= 11 is 0. The molecule has 1 aliphatic carbocycles. The number of aliphatic hydroxyl groups excluding tert-OH is 2. The average Bonchev–Trinajstić information content (AvgIpc) is 2.99. The SMILES string of the molecule is O=C(C=Cc1ccc(O)c(O)c1)O[C@H]1[C@H](O)C[C@](O)(C(=O)O)C[C@@H]1OC(=O)C(=Cc1ccc(O)c(O)c1)c1cccc(CO)c1. The number of hydrogen-bond acceptors (Lipinski definition) is 12. The summed E-state index contributed by atoms with van der Waals surface area (Å²) in [6, 6.07) is 13.6. The molecule has 0 radical (unpaired) electrons. The second kappa shape index (κ2) is 13.5. The number of carbonyl (C=O) groups excluding carboxylic acids is 2. The topological polar surface area (TPSA) is 232 Å². The van der Waals surface area contributed by atoms with Crippen LogP contribution in [0.5, 0.6) is 23.0 Å². The van der Waals surface area contributed by atoms with Crippen LogP contribution in [0, 0.1) is 0 Å². The minimum Gasteiger partial charge on any atom is -0.504 e. The van der Waals surface area contributed by atoms with Gasteiger partial charge in [-0.25, -0.2) is 14.4 Å². The van der Waals surface area contributed by atoms with Crippen LogP contribution in [-0.4, -0.2) is 82.7 Å². The van der Waals surface area contributed by atoms with Crippen LogP contribution in [0.2, 0.25) is 0 Å². The van der Waals surface area contributed by atoms with Crippen LogP contribution in [-0.2, 0) is 30.5 Å². The van der Waals surface area contributed by atoms with Crippen LogP contribution in [0.15, 0.2) is 66.7 Å². The molecule has 13 heteroatoms. The zero-order valence-corrected chi connectivity index (χ0v) is 23.5. The zero-order chi connectivity index (χ0) is 32.9. The molecule has 1 fully saturated rings. The van der Waals surface area contributed by atoms with Gasteiger partial charge in [-0.15, -0.1) is 0 Å². The number of hydrogen-bond donors (Lipinski definition) is 8. The number of carboxylic acids is 1. The summed E-state index contributed by atoms with van der Waals surface area (Å²) in [5.41, 5.74) is -1.51. The Morgan fingerprint density at radius 1 is 0.844 bits per heavy atom. The number of phenols is 4. The highest BCUT2D eigenvalue weighted by Gasteiger charge is 2.52. The predicted molar refractivity (Wildman–Crippen MR) is 156 cm³/mol. The maximum absolute atomic E-state index is 13.7. The highest BCUT2D eigenvalue weighted by molar-refractivity contribution is 6.21. The first-order valence-corrected chi connectivity index (χ1v) is 13.5. The maximum Gasteiger partial charge on any atom is 0.339 e. The van der Waals surface area contributed by atoms with E-state index in [2.05, 4.69) is 0 Å². The van der Waals surface area contributed by atoms with Crippen molar-refractivity contribution in [3.05, 3.63) is 89.0 Å². The molecule has 0 bridgehead atoms. The molecule has 0 aromatic heterocycles. The normalized spacial score (nSPS) is 21.8. The largest absolute Gasteiger partial charge is 0.504 e. The van der Waals surface area contributed by atoms with E-state index in [1.165, 1.54) is 54.6 Å². The van der Waals surface area contributed by atoms with E-state index in [4.69, 9.17) is 9.47 Å². The van der Waals surface area contributed by atoms with Gasteiger partial charge in [0.25, 0.3) is 0 Å². The van der Waals surface area contributed by atoms with Gasteiger partial charge in [0.15, 0.2) is 34.7 Å². The molecule has 0 spiro atoms. The molecule has 0 aliphatic heterocycles. The van der Waals surface area contributed by atoms with E-state index in [0.717, 1.165) is 12.1 Å². The van der Waals surface area contributed by atoms with Crippen molar-refractivity contribution >= 4 is 35.6 Å². The number of carboxylic acid groups (broad SMARTS) is 1. The van der Waals surface area contributed by atoms with Gasteiger partial charge in [-0.05, 0) is 64.7 Å². The lowest BCUT2D eigenvalue weighted by atomic mass is 9.79. The van der Waals surface area contributed by atoms with Gasteiger partial charge in [-0.2, -0.15) is 0 Å². The van der Waals surface area contributed by atoms with Gasteiger partial charge in [0.2, 0.25) is 0 Å². The summed E-state index contributed by atoms with van der Waals surface area (Å²) in [6.07, 6.45) is -3.15. The lowest BCUT2D eigenvalue weighted by Gasteiger charge is -2.40. The Kier molecular flexibility index (Phi) is 9.77. The molecule has 45 heavy (non-hydrogen) atoms. The van der Waals surface area contributed by atoms with Crippen molar-refractivity contribution in [2.24, 2.45) is 0 Å². The van der Waals surface area contributed by atoms with Crippen LogP contribution < -0.4 is 0 Å². The van der Waals surface area contributed by atoms with Crippen LogP contribution in [0.3, 0.4) is 0 Å².